The Hall–Kier alpha value is -2.89. The van der Waals surface area contributed by atoms with Crippen molar-refractivity contribution in [2.75, 3.05) is 19.8 Å². The minimum absolute atomic E-state index is 0.102. The van der Waals surface area contributed by atoms with E-state index in [1.807, 2.05) is 0 Å². The van der Waals surface area contributed by atoms with Crippen LogP contribution in [-0.4, -0.2) is 37.7 Å². The third-order valence-corrected chi connectivity index (χ3v) is 3.02. The van der Waals surface area contributed by atoms with E-state index in [4.69, 9.17) is 14.2 Å². The molecule has 0 aliphatic rings. The lowest BCUT2D eigenvalue weighted by atomic mass is 9.94. The Morgan fingerprint density at radius 1 is 0.917 bits per heavy atom. The van der Waals surface area contributed by atoms with Crippen molar-refractivity contribution in [3.63, 3.8) is 0 Å². The van der Waals surface area contributed by atoms with Crippen LogP contribution in [0.3, 0.4) is 0 Å². The summed E-state index contributed by atoms with van der Waals surface area (Å²) in [7, 11) is 0. The van der Waals surface area contributed by atoms with Crippen molar-refractivity contribution < 1.29 is 28.6 Å². The molecule has 0 N–H and O–H groups in total. The van der Waals surface area contributed by atoms with Crippen LogP contribution in [-0.2, 0) is 23.8 Å². The molecule has 128 valence electrons. The summed E-state index contributed by atoms with van der Waals surface area (Å²) in [5, 5.41) is 0. The molecule has 0 aliphatic heterocycles. The van der Waals surface area contributed by atoms with Gasteiger partial charge >= 0.3 is 17.9 Å². The Morgan fingerprint density at radius 3 is 1.83 bits per heavy atom. The number of ether oxygens (including phenoxy) is 3. The number of benzene rings is 1. The zero-order chi connectivity index (χ0) is 18.0. The predicted octanol–water partition coefficient (Wildman–Crippen LogP) is 2.31. The van der Waals surface area contributed by atoms with E-state index in [0.717, 1.165) is 12.2 Å². The highest BCUT2D eigenvalue weighted by molar-refractivity contribution is 5.89. The molecule has 1 rings (SSSR count). The van der Waals surface area contributed by atoms with E-state index in [1.165, 1.54) is 0 Å². The van der Waals surface area contributed by atoms with E-state index in [1.54, 1.807) is 37.3 Å². The fourth-order valence-corrected chi connectivity index (χ4v) is 1.63. The van der Waals surface area contributed by atoms with Gasteiger partial charge in [-0.25, -0.2) is 14.4 Å². The molecule has 0 heterocycles. The minimum atomic E-state index is -0.901. The topological polar surface area (TPSA) is 78.9 Å². The highest BCUT2D eigenvalue weighted by Crippen LogP contribution is 2.20. The van der Waals surface area contributed by atoms with Crippen LogP contribution >= 0.6 is 0 Å². The maximum Gasteiger partial charge on any atom is 0.338 e. The molecular weight excluding hydrogens is 312 g/mol. The number of carbonyl (C=O) groups is 3. The molecule has 0 aliphatic carbocycles. The summed E-state index contributed by atoms with van der Waals surface area (Å²) in [6, 6.07) is 8.45. The van der Waals surface area contributed by atoms with Crippen molar-refractivity contribution in [1.82, 2.24) is 0 Å². The SMILES string of the molecule is C=CC(=O)OCC(C)(COC(=O)C=C)COC(=O)c1ccccc1. The molecular formula is C18H20O6. The normalized spacial score (nSPS) is 10.4. The quantitative estimate of drug-likeness (QED) is 0.392. The van der Waals surface area contributed by atoms with Gasteiger partial charge < -0.3 is 14.2 Å². The van der Waals surface area contributed by atoms with Gasteiger partial charge in [0.05, 0.1) is 11.0 Å². The molecule has 0 radical (unpaired) electrons. The van der Waals surface area contributed by atoms with Gasteiger partial charge in [0.2, 0.25) is 0 Å². The van der Waals surface area contributed by atoms with Gasteiger partial charge in [-0.2, -0.15) is 0 Å². The van der Waals surface area contributed by atoms with Crippen molar-refractivity contribution in [3.05, 3.63) is 61.2 Å². The van der Waals surface area contributed by atoms with Crippen LogP contribution in [0.2, 0.25) is 0 Å². The molecule has 0 unspecified atom stereocenters. The van der Waals surface area contributed by atoms with Gasteiger partial charge in [-0.3, -0.25) is 0 Å². The molecule has 0 atom stereocenters. The van der Waals surface area contributed by atoms with E-state index in [9.17, 15) is 14.4 Å². The summed E-state index contributed by atoms with van der Waals surface area (Å²) in [6.07, 6.45) is 2.04. The standard InChI is InChI=1S/C18H20O6/c1-4-15(19)22-11-18(3,12-23-16(20)5-2)13-24-17(21)14-9-7-6-8-10-14/h4-10H,1-2,11-13H2,3H3. The van der Waals surface area contributed by atoms with Crippen LogP contribution in [0.4, 0.5) is 0 Å². The molecule has 0 amide bonds. The average molecular weight is 332 g/mol. The second-order valence-corrected chi connectivity index (χ2v) is 5.38. The fourth-order valence-electron chi connectivity index (χ4n) is 1.63. The Morgan fingerprint density at radius 2 is 1.38 bits per heavy atom. The lowest BCUT2D eigenvalue weighted by Gasteiger charge is -2.27. The lowest BCUT2D eigenvalue weighted by Crippen LogP contribution is -2.36. The van der Waals surface area contributed by atoms with Crippen molar-refractivity contribution in [1.29, 1.82) is 0 Å². The van der Waals surface area contributed by atoms with Gasteiger partial charge in [0, 0.05) is 12.2 Å². The number of carbonyl (C=O) groups excluding carboxylic acids is 3. The molecule has 0 saturated heterocycles. The molecule has 1 aromatic carbocycles. The van der Waals surface area contributed by atoms with E-state index in [2.05, 4.69) is 13.2 Å². The van der Waals surface area contributed by atoms with Gasteiger partial charge in [-0.1, -0.05) is 31.4 Å². The van der Waals surface area contributed by atoms with E-state index in [0.29, 0.717) is 5.56 Å². The Bertz CT molecular complexity index is 581. The van der Waals surface area contributed by atoms with Crippen molar-refractivity contribution >= 4 is 17.9 Å². The molecule has 6 nitrogen and oxygen atoms in total. The van der Waals surface area contributed by atoms with Crippen LogP contribution in [0.25, 0.3) is 0 Å². The molecule has 1 aromatic rings. The Labute approximate surface area is 140 Å². The zero-order valence-electron chi connectivity index (χ0n) is 13.5. The maximum atomic E-state index is 12.0. The second-order valence-electron chi connectivity index (χ2n) is 5.38. The predicted molar refractivity (Wildman–Crippen MR) is 87.1 cm³/mol. The minimum Gasteiger partial charge on any atom is -0.462 e. The van der Waals surface area contributed by atoms with E-state index in [-0.39, 0.29) is 19.8 Å². The van der Waals surface area contributed by atoms with Crippen molar-refractivity contribution in [3.8, 4) is 0 Å². The summed E-state index contributed by atoms with van der Waals surface area (Å²) < 4.78 is 15.2. The van der Waals surface area contributed by atoms with Crippen LogP contribution in [0.1, 0.15) is 17.3 Å². The monoisotopic (exact) mass is 332 g/mol. The molecule has 0 aromatic heterocycles. The zero-order valence-corrected chi connectivity index (χ0v) is 13.5. The smallest absolute Gasteiger partial charge is 0.338 e. The number of esters is 3. The summed E-state index contributed by atoms with van der Waals surface area (Å²) in [5.41, 5.74) is -0.507. The molecule has 0 fully saturated rings. The van der Waals surface area contributed by atoms with Crippen LogP contribution < -0.4 is 0 Å². The van der Waals surface area contributed by atoms with E-state index < -0.39 is 23.3 Å². The van der Waals surface area contributed by atoms with Gasteiger partial charge in [-0.05, 0) is 19.1 Å². The summed E-state index contributed by atoms with van der Waals surface area (Å²) >= 11 is 0. The van der Waals surface area contributed by atoms with Gasteiger partial charge in [-0.15, -0.1) is 0 Å². The maximum absolute atomic E-state index is 12.0. The van der Waals surface area contributed by atoms with Gasteiger partial charge in [0.1, 0.15) is 19.8 Å². The first-order valence-corrected chi connectivity index (χ1v) is 7.21. The molecule has 0 saturated carbocycles. The highest BCUT2D eigenvalue weighted by atomic mass is 16.6. The van der Waals surface area contributed by atoms with Crippen molar-refractivity contribution in [2.45, 2.75) is 6.92 Å². The van der Waals surface area contributed by atoms with Crippen LogP contribution in [0.15, 0.2) is 55.6 Å². The first-order chi connectivity index (χ1) is 11.4. The molecule has 24 heavy (non-hydrogen) atoms. The van der Waals surface area contributed by atoms with Gasteiger partial charge in [0.25, 0.3) is 0 Å². The van der Waals surface area contributed by atoms with Crippen LogP contribution in [0, 0.1) is 5.41 Å². The number of hydrogen-bond donors (Lipinski definition) is 0. The van der Waals surface area contributed by atoms with Crippen LogP contribution in [0.5, 0.6) is 0 Å². The van der Waals surface area contributed by atoms with Crippen molar-refractivity contribution in [2.24, 2.45) is 5.41 Å². The third-order valence-electron chi connectivity index (χ3n) is 3.02. The van der Waals surface area contributed by atoms with E-state index >= 15 is 0 Å². The average Bonchev–Trinajstić information content (AvgIpc) is 2.63. The Balaban J connectivity index is 2.70. The summed E-state index contributed by atoms with van der Waals surface area (Å²) in [5.74, 6) is -1.76. The summed E-state index contributed by atoms with van der Waals surface area (Å²) in [6.45, 7) is 7.96. The number of rotatable bonds is 9. The Kier molecular flexibility index (Phi) is 7.42. The molecule has 0 spiro atoms. The molecule has 0 bridgehead atoms. The third kappa shape index (κ3) is 6.48. The fraction of sp³-hybridized carbons (Fsp3) is 0.278. The lowest BCUT2D eigenvalue weighted by molar-refractivity contribution is -0.149. The second kappa shape index (κ2) is 9.29. The highest BCUT2D eigenvalue weighted by Gasteiger charge is 2.30. The molecule has 6 heteroatoms. The largest absolute Gasteiger partial charge is 0.462 e. The number of hydrogen-bond acceptors (Lipinski definition) is 6. The summed E-state index contributed by atoms with van der Waals surface area (Å²) in [4.78, 5) is 34.5. The first kappa shape index (κ1) is 19.2. The van der Waals surface area contributed by atoms with Gasteiger partial charge in [0.15, 0.2) is 0 Å². The first-order valence-electron chi connectivity index (χ1n) is 7.21.